The minimum atomic E-state index is -0.215. The molecular weight excluding hydrogens is 378 g/mol. The molecule has 4 aromatic rings. The lowest BCUT2D eigenvalue weighted by atomic mass is 10.1. The first-order valence-electron chi connectivity index (χ1n) is 9.55. The number of hydrogen-bond acceptors (Lipinski definition) is 5. The molecule has 0 fully saturated rings. The molecule has 0 bridgehead atoms. The Bertz CT molecular complexity index is 1160. The van der Waals surface area contributed by atoms with Crippen molar-refractivity contribution in [2.45, 2.75) is 6.54 Å². The predicted octanol–water partition coefficient (Wildman–Crippen LogP) is 4.00. The zero-order valence-corrected chi connectivity index (χ0v) is 16.5. The van der Waals surface area contributed by atoms with Crippen LogP contribution in [0.15, 0.2) is 79.1 Å². The van der Waals surface area contributed by atoms with Crippen LogP contribution in [0, 0.1) is 0 Å². The third-order valence-corrected chi connectivity index (χ3v) is 4.67. The largest absolute Gasteiger partial charge is 0.497 e. The Kier molecular flexibility index (Phi) is 5.85. The van der Waals surface area contributed by atoms with Gasteiger partial charge >= 0.3 is 0 Å². The van der Waals surface area contributed by atoms with E-state index in [1.165, 1.54) is 6.33 Å². The minimum Gasteiger partial charge on any atom is -0.497 e. The molecule has 0 saturated heterocycles. The van der Waals surface area contributed by atoms with Gasteiger partial charge < -0.3 is 14.8 Å². The number of benzene rings is 3. The maximum atomic E-state index is 12.2. The second-order valence-electron chi connectivity index (χ2n) is 6.70. The Labute approximate surface area is 174 Å². The number of amides is 1. The van der Waals surface area contributed by atoms with E-state index < -0.39 is 0 Å². The number of nitrogens with zero attached hydrogens (tertiary/aromatic N) is 2. The number of nitrogens with one attached hydrogen (secondary N) is 1. The van der Waals surface area contributed by atoms with Crippen LogP contribution in [-0.4, -0.2) is 29.6 Å². The van der Waals surface area contributed by atoms with E-state index in [2.05, 4.69) is 15.3 Å². The third kappa shape index (κ3) is 4.72. The summed E-state index contributed by atoms with van der Waals surface area (Å²) in [4.78, 5) is 20.7. The van der Waals surface area contributed by atoms with E-state index >= 15 is 0 Å². The van der Waals surface area contributed by atoms with E-state index in [4.69, 9.17) is 9.47 Å². The van der Waals surface area contributed by atoms with Crippen LogP contribution in [0.5, 0.6) is 11.5 Å². The first kappa shape index (κ1) is 19.4. The van der Waals surface area contributed by atoms with E-state index in [9.17, 15) is 4.79 Å². The van der Waals surface area contributed by atoms with Gasteiger partial charge in [0.1, 0.15) is 17.8 Å². The number of aromatic nitrogens is 2. The molecule has 0 unspecified atom stereocenters. The fraction of sp³-hybridized carbons (Fsp3) is 0.125. The van der Waals surface area contributed by atoms with Crippen molar-refractivity contribution in [2.24, 2.45) is 0 Å². The molecule has 1 N–H and O–H groups in total. The number of rotatable bonds is 7. The molecule has 1 aromatic heterocycles. The summed E-state index contributed by atoms with van der Waals surface area (Å²) >= 11 is 0. The topological polar surface area (TPSA) is 73.3 Å². The molecular formula is C24H21N3O3. The lowest BCUT2D eigenvalue weighted by Gasteiger charge is -2.09. The summed E-state index contributed by atoms with van der Waals surface area (Å²) in [5.41, 5.74) is 2.45. The minimum absolute atomic E-state index is 0.0608. The van der Waals surface area contributed by atoms with E-state index in [0.717, 1.165) is 33.5 Å². The van der Waals surface area contributed by atoms with Crippen LogP contribution in [0.3, 0.4) is 0 Å². The highest BCUT2D eigenvalue weighted by Gasteiger charge is 2.07. The van der Waals surface area contributed by atoms with E-state index in [0.29, 0.717) is 12.3 Å². The average Bonchev–Trinajstić information content (AvgIpc) is 2.81. The summed E-state index contributed by atoms with van der Waals surface area (Å²) in [7, 11) is 1.63. The van der Waals surface area contributed by atoms with Gasteiger partial charge in [-0.25, -0.2) is 9.97 Å². The molecule has 1 heterocycles. The molecule has 3 aromatic carbocycles. The zero-order valence-electron chi connectivity index (χ0n) is 16.5. The highest BCUT2D eigenvalue weighted by atomic mass is 16.5. The summed E-state index contributed by atoms with van der Waals surface area (Å²) in [6.45, 7) is 0.236. The molecule has 0 radical (unpaired) electrons. The third-order valence-electron chi connectivity index (χ3n) is 4.67. The van der Waals surface area contributed by atoms with Crippen molar-refractivity contribution in [3.8, 4) is 22.8 Å². The van der Waals surface area contributed by atoms with Crippen molar-refractivity contribution in [1.82, 2.24) is 15.3 Å². The molecule has 6 nitrogen and oxygen atoms in total. The summed E-state index contributed by atoms with van der Waals surface area (Å²) < 4.78 is 10.8. The van der Waals surface area contributed by atoms with Gasteiger partial charge in [0.15, 0.2) is 6.61 Å². The Morgan fingerprint density at radius 1 is 0.900 bits per heavy atom. The van der Waals surface area contributed by atoms with Crippen molar-refractivity contribution >= 4 is 16.7 Å². The SMILES string of the molecule is COc1ccc(-c2cc(CNC(=O)COc3ccc4ccccc4c3)ncn2)cc1. The van der Waals surface area contributed by atoms with Crippen LogP contribution in [0.1, 0.15) is 5.69 Å². The molecule has 0 atom stereocenters. The van der Waals surface area contributed by atoms with Crippen LogP contribution < -0.4 is 14.8 Å². The first-order valence-corrected chi connectivity index (χ1v) is 9.55. The summed E-state index contributed by atoms with van der Waals surface area (Å²) in [5, 5.41) is 5.03. The number of hydrogen-bond donors (Lipinski definition) is 1. The van der Waals surface area contributed by atoms with Crippen LogP contribution >= 0.6 is 0 Å². The van der Waals surface area contributed by atoms with E-state index in [-0.39, 0.29) is 12.5 Å². The van der Waals surface area contributed by atoms with Gasteiger partial charge in [-0.3, -0.25) is 4.79 Å². The van der Waals surface area contributed by atoms with Crippen molar-refractivity contribution in [3.63, 3.8) is 0 Å². The zero-order chi connectivity index (χ0) is 20.8. The predicted molar refractivity (Wildman–Crippen MR) is 115 cm³/mol. The second kappa shape index (κ2) is 9.05. The highest BCUT2D eigenvalue weighted by molar-refractivity contribution is 5.84. The molecule has 1 amide bonds. The molecule has 30 heavy (non-hydrogen) atoms. The van der Waals surface area contributed by atoms with Gasteiger partial charge in [-0.15, -0.1) is 0 Å². The van der Waals surface area contributed by atoms with Crippen LogP contribution in [0.2, 0.25) is 0 Å². The number of methoxy groups -OCH3 is 1. The van der Waals surface area contributed by atoms with Crippen LogP contribution in [0.4, 0.5) is 0 Å². The Morgan fingerprint density at radius 2 is 1.67 bits per heavy atom. The highest BCUT2D eigenvalue weighted by Crippen LogP contribution is 2.21. The van der Waals surface area contributed by atoms with Crippen LogP contribution in [-0.2, 0) is 11.3 Å². The molecule has 4 rings (SSSR count). The first-order chi connectivity index (χ1) is 14.7. The summed E-state index contributed by atoms with van der Waals surface area (Å²) in [5.74, 6) is 1.23. The lowest BCUT2D eigenvalue weighted by Crippen LogP contribution is -2.28. The maximum Gasteiger partial charge on any atom is 0.258 e. The standard InChI is InChI=1S/C24H21N3O3/c1-29-21-9-7-18(8-10-21)23-13-20(26-16-27-23)14-25-24(28)15-30-22-11-6-17-4-2-3-5-19(17)12-22/h2-13,16H,14-15H2,1H3,(H,25,28). The molecule has 0 saturated carbocycles. The molecule has 0 aliphatic carbocycles. The van der Waals surface area contributed by atoms with Crippen molar-refractivity contribution in [3.05, 3.63) is 84.8 Å². The smallest absolute Gasteiger partial charge is 0.258 e. The van der Waals surface area contributed by atoms with Crippen molar-refractivity contribution < 1.29 is 14.3 Å². The Balaban J connectivity index is 1.33. The molecule has 0 aliphatic heterocycles. The summed E-state index contributed by atoms with van der Waals surface area (Å²) in [6, 6.07) is 23.2. The average molecular weight is 399 g/mol. The summed E-state index contributed by atoms with van der Waals surface area (Å²) in [6.07, 6.45) is 1.49. The number of ether oxygens (including phenoxy) is 2. The van der Waals surface area contributed by atoms with Crippen molar-refractivity contribution in [1.29, 1.82) is 0 Å². The number of fused-ring (bicyclic) bond motifs is 1. The quantitative estimate of drug-likeness (QED) is 0.508. The maximum absolute atomic E-state index is 12.2. The Morgan fingerprint density at radius 3 is 2.47 bits per heavy atom. The molecule has 150 valence electrons. The normalized spacial score (nSPS) is 10.6. The van der Waals surface area contributed by atoms with E-state index in [1.807, 2.05) is 72.8 Å². The lowest BCUT2D eigenvalue weighted by molar-refractivity contribution is -0.123. The van der Waals surface area contributed by atoms with Gasteiger partial charge in [-0.1, -0.05) is 30.3 Å². The van der Waals surface area contributed by atoms with Gasteiger partial charge in [0.25, 0.3) is 5.91 Å². The monoisotopic (exact) mass is 399 g/mol. The second-order valence-corrected chi connectivity index (χ2v) is 6.70. The van der Waals surface area contributed by atoms with Gasteiger partial charge in [0, 0.05) is 5.56 Å². The number of carbonyl (C=O) groups is 1. The van der Waals surface area contributed by atoms with E-state index in [1.54, 1.807) is 7.11 Å². The molecule has 0 spiro atoms. The van der Waals surface area contributed by atoms with Crippen molar-refractivity contribution in [2.75, 3.05) is 13.7 Å². The molecule has 0 aliphatic rings. The van der Waals surface area contributed by atoms with Crippen LogP contribution in [0.25, 0.3) is 22.0 Å². The van der Waals surface area contributed by atoms with Gasteiger partial charge in [-0.05, 0) is 53.2 Å². The van der Waals surface area contributed by atoms with Gasteiger partial charge in [0.2, 0.25) is 0 Å². The number of carbonyl (C=O) groups excluding carboxylic acids is 1. The van der Waals surface area contributed by atoms with Gasteiger partial charge in [-0.2, -0.15) is 0 Å². The fourth-order valence-electron chi connectivity index (χ4n) is 3.06. The fourth-order valence-corrected chi connectivity index (χ4v) is 3.06. The molecule has 6 heteroatoms. The Hall–Kier alpha value is -3.93. The van der Waals surface area contributed by atoms with Gasteiger partial charge in [0.05, 0.1) is 25.0 Å².